The van der Waals surface area contributed by atoms with Crippen LogP contribution in [0.1, 0.15) is 24.5 Å². The molecule has 1 aromatic carbocycles. The number of aromatic nitrogens is 3. The number of nitrogens with zero attached hydrogens (tertiary/aromatic N) is 3. The Bertz CT molecular complexity index is 900. The molecule has 1 aliphatic heterocycles. The maximum atomic E-state index is 11.0. The number of hydrogen-bond donors (Lipinski definition) is 2. The van der Waals surface area contributed by atoms with Gasteiger partial charge in [0.25, 0.3) is 0 Å². The number of rotatable bonds is 3. The van der Waals surface area contributed by atoms with E-state index in [1.807, 2.05) is 36.5 Å². The quantitative estimate of drug-likeness (QED) is 0.761. The summed E-state index contributed by atoms with van der Waals surface area (Å²) in [4.78, 5) is 24.1. The molecule has 2 N–H and O–H groups in total. The SMILES string of the molecule is O=C(O)N1CCC(c2cc(Oc3ccc4[nH]ccc4c3)ncn2)CC1. The van der Waals surface area contributed by atoms with E-state index >= 15 is 0 Å². The minimum atomic E-state index is -0.856. The predicted octanol–water partition coefficient (Wildman–Crippen LogP) is 3.61. The molecule has 7 heteroatoms. The fourth-order valence-electron chi connectivity index (χ4n) is 3.21. The molecule has 0 aliphatic carbocycles. The normalized spacial score (nSPS) is 15.4. The number of nitrogens with one attached hydrogen (secondary N) is 1. The molecule has 1 aliphatic rings. The average Bonchev–Trinajstić information content (AvgIpc) is 3.10. The Morgan fingerprint density at radius 1 is 1.20 bits per heavy atom. The van der Waals surface area contributed by atoms with Crippen LogP contribution in [0.3, 0.4) is 0 Å². The maximum Gasteiger partial charge on any atom is 0.407 e. The van der Waals surface area contributed by atoms with Gasteiger partial charge in [0.15, 0.2) is 0 Å². The first kappa shape index (κ1) is 15.4. The summed E-state index contributed by atoms with van der Waals surface area (Å²) in [7, 11) is 0. The van der Waals surface area contributed by atoms with Crippen LogP contribution >= 0.6 is 0 Å². The first-order chi connectivity index (χ1) is 12.2. The number of likely N-dealkylation sites (tertiary alicyclic amines) is 1. The Morgan fingerprint density at radius 2 is 2.04 bits per heavy atom. The second-order valence-corrected chi connectivity index (χ2v) is 6.15. The van der Waals surface area contributed by atoms with Crippen LogP contribution in [0, 0.1) is 0 Å². The first-order valence-electron chi connectivity index (χ1n) is 8.24. The molecule has 1 amide bonds. The standard InChI is InChI=1S/C18H18N4O3/c23-18(24)22-7-4-12(5-8-22)16-10-17(21-11-20-16)25-14-1-2-15-13(9-14)3-6-19-15/h1-3,6,9-12,19H,4-5,7-8H2,(H,23,24). The van der Waals surface area contributed by atoms with Gasteiger partial charge in [-0.3, -0.25) is 0 Å². The molecule has 128 valence electrons. The van der Waals surface area contributed by atoms with E-state index in [0.717, 1.165) is 35.2 Å². The van der Waals surface area contributed by atoms with E-state index in [4.69, 9.17) is 9.84 Å². The molecule has 4 rings (SSSR count). The van der Waals surface area contributed by atoms with Crippen molar-refractivity contribution in [3.63, 3.8) is 0 Å². The van der Waals surface area contributed by atoms with Crippen molar-refractivity contribution in [2.75, 3.05) is 13.1 Å². The lowest BCUT2D eigenvalue weighted by Gasteiger charge is -2.29. The lowest BCUT2D eigenvalue weighted by atomic mass is 9.93. The van der Waals surface area contributed by atoms with Gasteiger partial charge in [0.1, 0.15) is 12.1 Å². The van der Waals surface area contributed by atoms with Gasteiger partial charge < -0.3 is 19.7 Å². The summed E-state index contributed by atoms with van der Waals surface area (Å²) in [6, 6.07) is 9.66. The number of fused-ring (bicyclic) bond motifs is 1. The molecule has 25 heavy (non-hydrogen) atoms. The highest BCUT2D eigenvalue weighted by atomic mass is 16.5. The van der Waals surface area contributed by atoms with Crippen molar-refractivity contribution in [1.29, 1.82) is 0 Å². The van der Waals surface area contributed by atoms with Gasteiger partial charge in [-0.15, -0.1) is 0 Å². The van der Waals surface area contributed by atoms with Crippen LogP contribution in [-0.4, -0.2) is 44.1 Å². The molecule has 3 heterocycles. The molecule has 7 nitrogen and oxygen atoms in total. The summed E-state index contributed by atoms with van der Waals surface area (Å²) in [5.41, 5.74) is 1.96. The lowest BCUT2D eigenvalue weighted by Crippen LogP contribution is -2.36. The summed E-state index contributed by atoms with van der Waals surface area (Å²) in [6.07, 6.45) is 4.06. The summed E-state index contributed by atoms with van der Waals surface area (Å²) in [5, 5.41) is 10.1. The summed E-state index contributed by atoms with van der Waals surface area (Å²) < 4.78 is 5.88. The van der Waals surface area contributed by atoms with E-state index in [2.05, 4.69) is 15.0 Å². The number of piperidine rings is 1. The smallest absolute Gasteiger partial charge is 0.407 e. The lowest BCUT2D eigenvalue weighted by molar-refractivity contribution is 0.131. The molecule has 0 bridgehead atoms. The van der Waals surface area contributed by atoms with Crippen molar-refractivity contribution in [3.05, 3.63) is 48.5 Å². The number of benzene rings is 1. The van der Waals surface area contributed by atoms with Crippen LogP contribution in [0.15, 0.2) is 42.9 Å². The van der Waals surface area contributed by atoms with Crippen LogP contribution in [-0.2, 0) is 0 Å². The Balaban J connectivity index is 1.48. The van der Waals surface area contributed by atoms with E-state index in [1.54, 1.807) is 0 Å². The molecular weight excluding hydrogens is 320 g/mol. The molecule has 3 aromatic rings. The molecule has 2 aromatic heterocycles. The van der Waals surface area contributed by atoms with Gasteiger partial charge in [-0.25, -0.2) is 14.8 Å². The van der Waals surface area contributed by atoms with E-state index in [9.17, 15) is 4.79 Å². The number of aromatic amines is 1. The maximum absolute atomic E-state index is 11.0. The van der Waals surface area contributed by atoms with Crippen LogP contribution in [0.25, 0.3) is 10.9 Å². The Morgan fingerprint density at radius 3 is 2.84 bits per heavy atom. The molecule has 1 fully saturated rings. The van der Waals surface area contributed by atoms with Gasteiger partial charge in [-0.05, 0) is 37.1 Å². The molecule has 0 radical (unpaired) electrons. The van der Waals surface area contributed by atoms with Crippen molar-refractivity contribution in [3.8, 4) is 11.6 Å². The van der Waals surface area contributed by atoms with Gasteiger partial charge in [0, 0.05) is 42.2 Å². The Labute approximate surface area is 144 Å². The van der Waals surface area contributed by atoms with Crippen molar-refractivity contribution in [1.82, 2.24) is 19.9 Å². The summed E-state index contributed by atoms with van der Waals surface area (Å²) in [6.45, 7) is 1.06. The highest BCUT2D eigenvalue weighted by molar-refractivity contribution is 5.80. The zero-order chi connectivity index (χ0) is 17.2. The van der Waals surface area contributed by atoms with E-state index in [0.29, 0.717) is 19.0 Å². The second kappa shape index (κ2) is 6.43. The van der Waals surface area contributed by atoms with Crippen LogP contribution in [0.4, 0.5) is 4.79 Å². The molecule has 0 unspecified atom stereocenters. The van der Waals surface area contributed by atoms with Crippen molar-refractivity contribution in [2.45, 2.75) is 18.8 Å². The summed E-state index contributed by atoms with van der Waals surface area (Å²) in [5.74, 6) is 1.45. The van der Waals surface area contributed by atoms with E-state index < -0.39 is 6.09 Å². The molecule has 0 atom stereocenters. The third-order valence-electron chi connectivity index (χ3n) is 4.59. The van der Waals surface area contributed by atoms with E-state index in [1.165, 1.54) is 11.2 Å². The fraction of sp³-hybridized carbons (Fsp3) is 0.278. The topological polar surface area (TPSA) is 91.3 Å². The van der Waals surface area contributed by atoms with Crippen molar-refractivity contribution in [2.24, 2.45) is 0 Å². The number of ether oxygens (including phenoxy) is 1. The fourth-order valence-corrected chi connectivity index (χ4v) is 3.21. The highest BCUT2D eigenvalue weighted by Gasteiger charge is 2.24. The number of amides is 1. The highest BCUT2D eigenvalue weighted by Crippen LogP contribution is 2.29. The third-order valence-corrected chi connectivity index (χ3v) is 4.59. The largest absolute Gasteiger partial charge is 0.465 e. The Hall–Kier alpha value is -3.09. The monoisotopic (exact) mass is 338 g/mol. The molecule has 0 saturated carbocycles. The predicted molar refractivity (Wildman–Crippen MR) is 92.0 cm³/mol. The van der Waals surface area contributed by atoms with Crippen molar-refractivity contribution < 1.29 is 14.6 Å². The summed E-state index contributed by atoms with van der Waals surface area (Å²) >= 11 is 0. The zero-order valence-corrected chi connectivity index (χ0v) is 13.6. The van der Waals surface area contributed by atoms with Crippen LogP contribution < -0.4 is 4.74 Å². The van der Waals surface area contributed by atoms with Gasteiger partial charge in [0.2, 0.25) is 5.88 Å². The molecule has 1 saturated heterocycles. The second-order valence-electron chi connectivity index (χ2n) is 6.15. The minimum absolute atomic E-state index is 0.230. The third kappa shape index (κ3) is 3.26. The average molecular weight is 338 g/mol. The molecule has 0 spiro atoms. The number of H-pyrrole nitrogens is 1. The number of carbonyl (C=O) groups is 1. The zero-order valence-electron chi connectivity index (χ0n) is 13.6. The minimum Gasteiger partial charge on any atom is -0.465 e. The van der Waals surface area contributed by atoms with Crippen molar-refractivity contribution >= 4 is 17.0 Å². The van der Waals surface area contributed by atoms with Gasteiger partial charge in [0.05, 0.1) is 5.69 Å². The van der Waals surface area contributed by atoms with E-state index in [-0.39, 0.29) is 5.92 Å². The Kier molecular flexibility index (Phi) is 3.97. The first-order valence-corrected chi connectivity index (χ1v) is 8.24. The van der Waals surface area contributed by atoms with Gasteiger partial charge in [-0.1, -0.05) is 0 Å². The van der Waals surface area contributed by atoms with Gasteiger partial charge >= 0.3 is 6.09 Å². The van der Waals surface area contributed by atoms with Gasteiger partial charge in [-0.2, -0.15) is 0 Å². The molecular formula is C18H18N4O3. The van der Waals surface area contributed by atoms with Crippen LogP contribution in [0.2, 0.25) is 0 Å². The van der Waals surface area contributed by atoms with Crippen LogP contribution in [0.5, 0.6) is 11.6 Å². The number of carboxylic acid groups (broad SMARTS) is 1. The number of hydrogen-bond acceptors (Lipinski definition) is 4.